The van der Waals surface area contributed by atoms with E-state index < -0.39 is 15.6 Å². The van der Waals surface area contributed by atoms with Gasteiger partial charge in [0.1, 0.15) is 0 Å². The number of aromatic nitrogens is 1. The molecule has 1 aromatic carbocycles. The Morgan fingerprint density at radius 3 is 2.77 bits per heavy atom. The van der Waals surface area contributed by atoms with Crippen LogP contribution >= 0.6 is 0 Å². The van der Waals surface area contributed by atoms with Gasteiger partial charge in [-0.25, -0.2) is 8.42 Å². The normalized spacial score (nSPS) is 27.8. The minimum atomic E-state index is -3.40. The van der Waals surface area contributed by atoms with E-state index in [0.29, 0.717) is 17.4 Å². The van der Waals surface area contributed by atoms with Crippen molar-refractivity contribution in [3.05, 3.63) is 59.9 Å². The molecule has 1 saturated carbocycles. The Balaban J connectivity index is 1.51. The summed E-state index contributed by atoms with van der Waals surface area (Å²) in [5.74, 6) is 0.531. The van der Waals surface area contributed by atoms with Gasteiger partial charge < -0.3 is 0 Å². The Morgan fingerprint density at radius 1 is 1.15 bits per heavy atom. The van der Waals surface area contributed by atoms with Crippen LogP contribution in [0.2, 0.25) is 0 Å². The summed E-state index contributed by atoms with van der Waals surface area (Å²) in [6.45, 7) is 3.14. The Hall–Kier alpha value is -1.76. The monoisotopic (exact) mass is 369 g/mol. The smallest absolute Gasteiger partial charge is 0.244 e. The van der Waals surface area contributed by atoms with Crippen LogP contribution in [0.4, 0.5) is 0 Å². The summed E-state index contributed by atoms with van der Waals surface area (Å²) in [7, 11) is -3.40. The van der Waals surface area contributed by atoms with Gasteiger partial charge in [0.15, 0.2) is 0 Å². The van der Waals surface area contributed by atoms with Gasteiger partial charge in [-0.1, -0.05) is 24.3 Å². The second-order valence-corrected chi connectivity index (χ2v) is 9.66. The number of fused-ring (bicyclic) bond motifs is 2. The number of likely N-dealkylation sites (tertiary alicyclic amines) is 1. The molecule has 0 amide bonds. The quantitative estimate of drug-likeness (QED) is 0.831. The van der Waals surface area contributed by atoms with Crippen molar-refractivity contribution in [2.45, 2.75) is 36.2 Å². The van der Waals surface area contributed by atoms with Crippen LogP contribution in [0.15, 0.2) is 53.7 Å². The molecular formula is C20H23N3O2S. The summed E-state index contributed by atoms with van der Waals surface area (Å²) in [4.78, 5) is 7.09. The third kappa shape index (κ3) is 2.51. The lowest BCUT2D eigenvalue weighted by Gasteiger charge is -2.34. The van der Waals surface area contributed by atoms with E-state index in [1.807, 2.05) is 34.8 Å². The highest BCUT2D eigenvalue weighted by Gasteiger charge is 2.57. The molecular weight excluding hydrogens is 346 g/mol. The maximum absolute atomic E-state index is 13.3. The molecule has 1 saturated heterocycles. The summed E-state index contributed by atoms with van der Waals surface area (Å²) < 4.78 is 28.4. The van der Waals surface area contributed by atoms with E-state index in [9.17, 15) is 8.42 Å². The van der Waals surface area contributed by atoms with E-state index in [4.69, 9.17) is 0 Å². The topological polar surface area (TPSA) is 53.5 Å². The Kier molecular flexibility index (Phi) is 3.71. The molecule has 0 bridgehead atoms. The van der Waals surface area contributed by atoms with Crippen LogP contribution in [-0.2, 0) is 22.1 Å². The number of hydrogen-bond acceptors (Lipinski definition) is 4. The summed E-state index contributed by atoms with van der Waals surface area (Å²) in [5, 5.41) is 0. The van der Waals surface area contributed by atoms with E-state index in [0.717, 1.165) is 44.5 Å². The SMILES string of the molecule is O=S1(=O)c2ccccc2[C@]2(CCN(Cc3cccnc3)C2)N1CC1CC1. The fraction of sp³-hybridized carbons (Fsp3) is 0.450. The summed E-state index contributed by atoms with van der Waals surface area (Å²) in [6.07, 6.45) is 6.84. The first-order chi connectivity index (χ1) is 12.6. The van der Waals surface area contributed by atoms with Gasteiger partial charge in [0.2, 0.25) is 10.0 Å². The molecule has 0 N–H and O–H groups in total. The van der Waals surface area contributed by atoms with Crippen LogP contribution in [-0.4, -0.2) is 42.2 Å². The first kappa shape index (κ1) is 16.4. The second kappa shape index (κ2) is 5.87. The molecule has 3 aliphatic rings. The number of pyridine rings is 1. The third-order valence-electron chi connectivity index (χ3n) is 6.01. The molecule has 136 valence electrons. The van der Waals surface area contributed by atoms with Crippen molar-refractivity contribution in [1.29, 1.82) is 0 Å². The Morgan fingerprint density at radius 2 is 2.00 bits per heavy atom. The summed E-state index contributed by atoms with van der Waals surface area (Å²) in [6, 6.07) is 11.7. The zero-order chi connectivity index (χ0) is 17.8. The van der Waals surface area contributed by atoms with E-state index in [1.165, 1.54) is 5.56 Å². The minimum absolute atomic E-state index is 0.403. The molecule has 1 atom stereocenters. The molecule has 1 aromatic heterocycles. The van der Waals surface area contributed by atoms with Crippen LogP contribution in [0.3, 0.4) is 0 Å². The zero-order valence-corrected chi connectivity index (χ0v) is 15.5. The van der Waals surface area contributed by atoms with Gasteiger partial charge in [-0.2, -0.15) is 4.31 Å². The molecule has 5 rings (SSSR count). The lowest BCUT2D eigenvalue weighted by Crippen LogP contribution is -2.46. The van der Waals surface area contributed by atoms with Crippen molar-refractivity contribution in [3.8, 4) is 0 Å². The van der Waals surface area contributed by atoms with Gasteiger partial charge >= 0.3 is 0 Å². The number of hydrogen-bond donors (Lipinski definition) is 0. The van der Waals surface area contributed by atoms with Crippen molar-refractivity contribution in [1.82, 2.24) is 14.2 Å². The molecule has 0 radical (unpaired) electrons. The molecule has 26 heavy (non-hydrogen) atoms. The van der Waals surface area contributed by atoms with E-state index >= 15 is 0 Å². The lowest BCUT2D eigenvalue weighted by atomic mass is 9.88. The average Bonchev–Trinajstić information content (AvgIpc) is 3.36. The molecule has 0 unspecified atom stereocenters. The molecule has 2 aromatic rings. The van der Waals surface area contributed by atoms with Crippen molar-refractivity contribution in [2.24, 2.45) is 5.92 Å². The zero-order valence-electron chi connectivity index (χ0n) is 14.7. The van der Waals surface area contributed by atoms with Crippen molar-refractivity contribution in [2.75, 3.05) is 19.6 Å². The number of sulfonamides is 1. The van der Waals surface area contributed by atoms with Crippen LogP contribution < -0.4 is 0 Å². The predicted molar refractivity (Wildman–Crippen MR) is 98.9 cm³/mol. The third-order valence-corrected chi connectivity index (χ3v) is 8.00. The van der Waals surface area contributed by atoms with Crippen LogP contribution in [0.1, 0.15) is 30.4 Å². The standard InChI is InChI=1S/C20H23N3O2S/c24-26(25)19-6-2-1-5-18(19)20(23(26)14-16-7-8-16)9-11-22(15-20)13-17-4-3-10-21-12-17/h1-6,10,12,16H,7-9,11,13-15H2/t20-/m1/s1. The van der Waals surface area contributed by atoms with Gasteiger partial charge in [0, 0.05) is 38.6 Å². The fourth-order valence-corrected chi connectivity index (χ4v) is 6.68. The minimum Gasteiger partial charge on any atom is -0.297 e. The summed E-state index contributed by atoms with van der Waals surface area (Å²) >= 11 is 0. The van der Waals surface area contributed by atoms with E-state index in [2.05, 4.69) is 16.0 Å². The molecule has 1 aliphatic carbocycles. The van der Waals surface area contributed by atoms with E-state index in [-0.39, 0.29) is 0 Å². The Bertz CT molecular complexity index is 927. The average molecular weight is 369 g/mol. The highest BCUT2D eigenvalue weighted by molar-refractivity contribution is 7.89. The number of benzene rings is 1. The second-order valence-electron chi connectivity index (χ2n) is 7.83. The van der Waals surface area contributed by atoms with Gasteiger partial charge in [-0.05, 0) is 48.4 Å². The van der Waals surface area contributed by atoms with Gasteiger partial charge in [-0.3, -0.25) is 9.88 Å². The van der Waals surface area contributed by atoms with Gasteiger partial charge in [0.25, 0.3) is 0 Å². The fourth-order valence-electron chi connectivity index (χ4n) is 4.55. The molecule has 2 fully saturated rings. The first-order valence-corrected chi connectivity index (χ1v) is 10.8. The van der Waals surface area contributed by atoms with Crippen molar-refractivity contribution in [3.63, 3.8) is 0 Å². The maximum Gasteiger partial charge on any atom is 0.244 e. The number of rotatable bonds is 4. The highest BCUT2D eigenvalue weighted by atomic mass is 32.2. The molecule has 3 heterocycles. The molecule has 2 aliphatic heterocycles. The van der Waals surface area contributed by atoms with E-state index in [1.54, 1.807) is 12.3 Å². The maximum atomic E-state index is 13.3. The first-order valence-electron chi connectivity index (χ1n) is 9.33. The molecule has 1 spiro atoms. The van der Waals surface area contributed by atoms with Gasteiger partial charge in [0.05, 0.1) is 10.4 Å². The largest absolute Gasteiger partial charge is 0.297 e. The highest BCUT2D eigenvalue weighted by Crippen LogP contribution is 2.51. The molecule has 5 nitrogen and oxygen atoms in total. The molecule has 6 heteroatoms. The predicted octanol–water partition coefficient (Wildman–Crippen LogP) is 2.60. The van der Waals surface area contributed by atoms with Crippen LogP contribution in [0.5, 0.6) is 0 Å². The van der Waals surface area contributed by atoms with Crippen LogP contribution in [0.25, 0.3) is 0 Å². The number of nitrogens with zero attached hydrogens (tertiary/aromatic N) is 3. The van der Waals surface area contributed by atoms with Crippen LogP contribution in [0, 0.1) is 5.92 Å². The summed E-state index contributed by atoms with van der Waals surface area (Å²) in [5.41, 5.74) is 1.77. The van der Waals surface area contributed by atoms with Crippen molar-refractivity contribution < 1.29 is 8.42 Å². The van der Waals surface area contributed by atoms with Gasteiger partial charge in [-0.15, -0.1) is 0 Å². The Labute approximate surface area is 154 Å². The lowest BCUT2D eigenvalue weighted by molar-refractivity contribution is 0.185. The van der Waals surface area contributed by atoms with Crippen molar-refractivity contribution >= 4 is 10.0 Å².